The largest absolute Gasteiger partial charge is 0.365 e. The van der Waals surface area contributed by atoms with E-state index in [4.69, 9.17) is 0 Å². The molecule has 3 aliphatic heterocycles. The number of rotatable bonds is 2. The molecule has 4 nitrogen and oxygen atoms in total. The average molecular weight is 254 g/mol. The second-order valence-corrected chi connectivity index (χ2v) is 5.60. The number of aliphatic imine (C=N–C) groups is 2. The van der Waals surface area contributed by atoms with E-state index in [1.807, 2.05) is 0 Å². The van der Waals surface area contributed by atoms with Crippen molar-refractivity contribution in [3.8, 4) is 0 Å². The van der Waals surface area contributed by atoms with Crippen LogP contribution >= 0.6 is 23.5 Å². The first kappa shape index (κ1) is 10.5. The second-order valence-electron chi connectivity index (χ2n) is 3.80. The zero-order valence-electron chi connectivity index (χ0n) is 8.98. The fourth-order valence-corrected chi connectivity index (χ4v) is 3.81. The molecule has 0 aromatic heterocycles. The molecule has 0 saturated carbocycles. The lowest BCUT2D eigenvalue weighted by atomic mass is 10.4. The summed E-state index contributed by atoms with van der Waals surface area (Å²) in [6, 6.07) is 0. The van der Waals surface area contributed by atoms with Crippen molar-refractivity contribution in [2.75, 3.05) is 31.9 Å². The molecule has 0 saturated heterocycles. The van der Waals surface area contributed by atoms with Gasteiger partial charge in [-0.15, -0.1) is 0 Å². The van der Waals surface area contributed by atoms with Crippen LogP contribution in [-0.4, -0.2) is 47.2 Å². The van der Waals surface area contributed by atoms with Crippen LogP contribution in [0.3, 0.4) is 0 Å². The van der Waals surface area contributed by atoms with Gasteiger partial charge in [-0.2, -0.15) is 0 Å². The zero-order valence-corrected chi connectivity index (χ0v) is 10.6. The molecule has 86 valence electrons. The summed E-state index contributed by atoms with van der Waals surface area (Å²) in [4.78, 5) is 11.2. The molecular formula is C10H14N4S2. The highest BCUT2D eigenvalue weighted by atomic mass is 32.2. The van der Waals surface area contributed by atoms with Crippen LogP contribution in [0.4, 0.5) is 0 Å². The third kappa shape index (κ3) is 2.08. The van der Waals surface area contributed by atoms with Crippen molar-refractivity contribution in [2.24, 2.45) is 9.98 Å². The molecule has 3 rings (SSSR count). The van der Waals surface area contributed by atoms with Crippen LogP contribution in [0.25, 0.3) is 0 Å². The molecule has 0 amide bonds. The molecule has 0 atom stereocenters. The van der Waals surface area contributed by atoms with Gasteiger partial charge in [0.2, 0.25) is 0 Å². The lowest BCUT2D eigenvalue weighted by Gasteiger charge is -2.18. The number of fused-ring (bicyclic) bond motifs is 1. The molecule has 0 fully saturated rings. The number of nitrogens with zero attached hydrogens (tertiary/aromatic N) is 3. The maximum absolute atomic E-state index is 4.46. The Labute approximate surface area is 104 Å². The summed E-state index contributed by atoms with van der Waals surface area (Å²) in [7, 11) is 0. The highest BCUT2D eigenvalue weighted by molar-refractivity contribution is 8.17. The Morgan fingerprint density at radius 2 is 2.44 bits per heavy atom. The van der Waals surface area contributed by atoms with Crippen LogP contribution in [-0.2, 0) is 0 Å². The summed E-state index contributed by atoms with van der Waals surface area (Å²) in [5.41, 5.74) is 1.38. The first-order valence-electron chi connectivity index (χ1n) is 5.52. The van der Waals surface area contributed by atoms with Gasteiger partial charge in [0.15, 0.2) is 10.3 Å². The Bertz CT molecular complexity index is 375. The van der Waals surface area contributed by atoms with E-state index < -0.39 is 0 Å². The van der Waals surface area contributed by atoms with Crippen LogP contribution in [0.5, 0.6) is 0 Å². The van der Waals surface area contributed by atoms with Gasteiger partial charge in [0.1, 0.15) is 0 Å². The van der Waals surface area contributed by atoms with Gasteiger partial charge < -0.3 is 10.2 Å². The van der Waals surface area contributed by atoms with Crippen LogP contribution < -0.4 is 5.32 Å². The van der Waals surface area contributed by atoms with Crippen molar-refractivity contribution in [3.05, 3.63) is 11.1 Å². The van der Waals surface area contributed by atoms with Crippen LogP contribution in [0.15, 0.2) is 21.1 Å². The van der Waals surface area contributed by atoms with Gasteiger partial charge in [-0.3, -0.25) is 9.98 Å². The number of hydrogen-bond acceptors (Lipinski definition) is 6. The summed E-state index contributed by atoms with van der Waals surface area (Å²) in [5, 5.41) is 7.82. The minimum absolute atomic E-state index is 0.948. The van der Waals surface area contributed by atoms with Crippen molar-refractivity contribution in [2.45, 2.75) is 6.42 Å². The molecule has 16 heavy (non-hydrogen) atoms. The minimum atomic E-state index is 0.948. The third-order valence-electron chi connectivity index (χ3n) is 2.67. The molecule has 0 spiro atoms. The first-order valence-corrected chi connectivity index (χ1v) is 7.39. The highest BCUT2D eigenvalue weighted by Crippen LogP contribution is 2.31. The van der Waals surface area contributed by atoms with E-state index in [0.29, 0.717) is 0 Å². The van der Waals surface area contributed by atoms with Gasteiger partial charge in [0.25, 0.3) is 0 Å². The topological polar surface area (TPSA) is 40.0 Å². The van der Waals surface area contributed by atoms with E-state index in [1.54, 1.807) is 23.5 Å². The van der Waals surface area contributed by atoms with E-state index in [1.165, 1.54) is 10.9 Å². The summed E-state index contributed by atoms with van der Waals surface area (Å²) in [5.74, 6) is 0.998. The maximum Gasteiger partial charge on any atom is 0.167 e. The normalized spacial score (nSPS) is 23.5. The van der Waals surface area contributed by atoms with Gasteiger partial charge in [0, 0.05) is 31.1 Å². The Balaban J connectivity index is 1.56. The second kappa shape index (κ2) is 4.71. The number of nitrogens with one attached hydrogen (secondary N) is 1. The zero-order chi connectivity index (χ0) is 10.8. The lowest BCUT2D eigenvalue weighted by Crippen LogP contribution is -2.28. The molecule has 0 aromatic rings. The Hall–Kier alpha value is -0.620. The van der Waals surface area contributed by atoms with E-state index >= 15 is 0 Å². The molecule has 0 aliphatic carbocycles. The molecule has 0 unspecified atom stereocenters. The van der Waals surface area contributed by atoms with Crippen molar-refractivity contribution in [1.82, 2.24) is 10.2 Å². The summed E-state index contributed by atoms with van der Waals surface area (Å²) in [6.07, 6.45) is 1.16. The summed E-state index contributed by atoms with van der Waals surface area (Å²) in [6.45, 7) is 4.04. The monoisotopic (exact) mass is 254 g/mol. The van der Waals surface area contributed by atoms with E-state index in [-0.39, 0.29) is 0 Å². The van der Waals surface area contributed by atoms with Gasteiger partial charge in [-0.05, 0) is 11.8 Å². The van der Waals surface area contributed by atoms with Crippen molar-refractivity contribution in [3.63, 3.8) is 0 Å². The fourth-order valence-electron chi connectivity index (χ4n) is 1.84. The summed E-state index contributed by atoms with van der Waals surface area (Å²) >= 11 is 3.55. The Kier molecular flexibility index (Phi) is 3.10. The van der Waals surface area contributed by atoms with Crippen molar-refractivity contribution >= 4 is 33.9 Å². The molecule has 3 aliphatic rings. The molecule has 1 N–H and O–H groups in total. The van der Waals surface area contributed by atoms with Crippen LogP contribution in [0.1, 0.15) is 6.42 Å². The summed E-state index contributed by atoms with van der Waals surface area (Å²) < 4.78 is 0. The molecular weight excluding hydrogens is 240 g/mol. The Morgan fingerprint density at radius 1 is 1.44 bits per heavy atom. The number of hydrogen-bond donors (Lipinski definition) is 1. The number of thioether (sulfide) groups is 2. The van der Waals surface area contributed by atoms with Crippen molar-refractivity contribution in [1.29, 1.82) is 0 Å². The van der Waals surface area contributed by atoms with Crippen molar-refractivity contribution < 1.29 is 0 Å². The lowest BCUT2D eigenvalue weighted by molar-refractivity contribution is 0.579. The third-order valence-corrected chi connectivity index (χ3v) is 4.61. The maximum atomic E-state index is 4.46. The quantitative estimate of drug-likeness (QED) is 0.807. The van der Waals surface area contributed by atoms with Crippen LogP contribution in [0, 0.1) is 0 Å². The van der Waals surface area contributed by atoms with Gasteiger partial charge in [-0.25, -0.2) is 0 Å². The molecule has 6 heteroatoms. The average Bonchev–Trinajstić information content (AvgIpc) is 2.90. The predicted octanol–water partition coefficient (Wildman–Crippen LogP) is 1.33. The molecule has 3 heterocycles. The van der Waals surface area contributed by atoms with E-state index in [0.717, 1.165) is 43.5 Å². The first-order chi connectivity index (χ1) is 7.93. The van der Waals surface area contributed by atoms with Gasteiger partial charge in [-0.1, -0.05) is 23.5 Å². The Morgan fingerprint density at radius 3 is 3.31 bits per heavy atom. The van der Waals surface area contributed by atoms with Gasteiger partial charge in [0.05, 0.1) is 6.54 Å². The fraction of sp³-hybridized carbons (Fsp3) is 0.600. The standard InChI is InChI=1S/C10H14N4S2/c1-2-11-9(12-3-1)15-6-8-7-16-10-13-4-5-14(8)10/h7H,1-6H2,(H,11,12). The SMILES string of the molecule is C1=C(CSC2=NCCCN2)N2CCN=C2S1. The predicted molar refractivity (Wildman–Crippen MR) is 72.1 cm³/mol. The molecule has 0 radical (unpaired) electrons. The van der Waals surface area contributed by atoms with Gasteiger partial charge >= 0.3 is 0 Å². The van der Waals surface area contributed by atoms with E-state index in [2.05, 4.69) is 25.6 Å². The van der Waals surface area contributed by atoms with Crippen LogP contribution in [0.2, 0.25) is 0 Å². The van der Waals surface area contributed by atoms with E-state index in [9.17, 15) is 0 Å². The molecule has 0 aromatic carbocycles. The smallest absolute Gasteiger partial charge is 0.167 e. The minimum Gasteiger partial charge on any atom is -0.365 e. The number of amidine groups is 2. The molecule has 0 bridgehead atoms. The highest BCUT2D eigenvalue weighted by Gasteiger charge is 2.26.